The Morgan fingerprint density at radius 1 is 1.57 bits per heavy atom. The number of nitrogen functional groups attached to an aromatic ring is 1. The van der Waals surface area contributed by atoms with Crippen LogP contribution in [0.25, 0.3) is 10.2 Å². The smallest absolute Gasteiger partial charge is 0.240 e. The molecule has 0 fully saturated rings. The van der Waals surface area contributed by atoms with Crippen molar-refractivity contribution >= 4 is 38.3 Å². The zero-order valence-electron chi connectivity index (χ0n) is 12.4. The maximum absolute atomic E-state index is 12.0. The van der Waals surface area contributed by atoms with Gasteiger partial charge in [0.1, 0.15) is 0 Å². The molecule has 0 spiro atoms. The summed E-state index contributed by atoms with van der Waals surface area (Å²) in [5, 5.41) is 3.41. The van der Waals surface area contributed by atoms with Gasteiger partial charge in [-0.3, -0.25) is 9.69 Å². The van der Waals surface area contributed by atoms with Crippen LogP contribution in [-0.4, -0.2) is 49.1 Å². The number of nitrogens with zero attached hydrogens (tertiary/aromatic N) is 2. The Bertz CT molecular complexity index is 628. The van der Waals surface area contributed by atoms with Gasteiger partial charge in [0.2, 0.25) is 5.91 Å². The van der Waals surface area contributed by atoms with Gasteiger partial charge in [-0.2, -0.15) is 0 Å². The second kappa shape index (κ2) is 6.84. The van der Waals surface area contributed by atoms with Gasteiger partial charge in [-0.15, -0.1) is 0 Å². The van der Waals surface area contributed by atoms with Gasteiger partial charge in [0, 0.05) is 18.8 Å². The molecular formula is C14H20N4O2S. The van der Waals surface area contributed by atoms with Gasteiger partial charge < -0.3 is 15.8 Å². The Morgan fingerprint density at radius 3 is 3.05 bits per heavy atom. The number of nitrogens with one attached hydrogen (secondary N) is 1. The Labute approximate surface area is 127 Å². The number of anilines is 2. The Morgan fingerprint density at radius 2 is 2.33 bits per heavy atom. The van der Waals surface area contributed by atoms with Crippen molar-refractivity contribution in [3.8, 4) is 0 Å². The maximum atomic E-state index is 12.0. The molecule has 2 rings (SSSR count). The molecule has 1 heterocycles. The molecule has 0 saturated heterocycles. The van der Waals surface area contributed by atoms with Crippen LogP contribution >= 0.6 is 11.3 Å². The van der Waals surface area contributed by atoms with Crippen molar-refractivity contribution in [3.05, 3.63) is 18.2 Å². The fraction of sp³-hybridized carbons (Fsp3) is 0.429. The average Bonchev–Trinajstić information content (AvgIpc) is 2.79. The van der Waals surface area contributed by atoms with Crippen LogP contribution in [0.1, 0.15) is 6.92 Å². The predicted octanol–water partition coefficient (Wildman–Crippen LogP) is 1.78. The van der Waals surface area contributed by atoms with Gasteiger partial charge in [-0.05, 0) is 32.2 Å². The van der Waals surface area contributed by atoms with Crippen LogP contribution in [0, 0.1) is 0 Å². The number of amides is 1. The van der Waals surface area contributed by atoms with Gasteiger partial charge in [-0.1, -0.05) is 11.3 Å². The number of likely N-dealkylation sites (N-methyl/N-ethyl adjacent to an activating group) is 1. The van der Waals surface area contributed by atoms with Crippen LogP contribution in [0.4, 0.5) is 10.8 Å². The first-order valence-corrected chi connectivity index (χ1v) is 7.46. The Hall–Kier alpha value is -1.70. The van der Waals surface area contributed by atoms with Gasteiger partial charge in [0.05, 0.1) is 23.4 Å². The molecule has 3 N–H and O–H groups in total. The van der Waals surface area contributed by atoms with E-state index < -0.39 is 0 Å². The van der Waals surface area contributed by atoms with Crippen molar-refractivity contribution in [3.63, 3.8) is 0 Å². The zero-order chi connectivity index (χ0) is 15.4. The van der Waals surface area contributed by atoms with Crippen LogP contribution in [0.3, 0.4) is 0 Å². The zero-order valence-corrected chi connectivity index (χ0v) is 13.2. The topological polar surface area (TPSA) is 80.5 Å². The molecule has 0 radical (unpaired) electrons. The SMILES string of the molecule is COCC(C)N(C)CC(=O)Nc1nc2ccc(N)cc2s1. The molecule has 21 heavy (non-hydrogen) atoms. The van der Waals surface area contributed by atoms with Crippen molar-refractivity contribution in [2.75, 3.05) is 38.4 Å². The van der Waals surface area contributed by atoms with Crippen LogP contribution < -0.4 is 11.1 Å². The number of carbonyl (C=O) groups excluding carboxylic acids is 1. The first-order chi connectivity index (χ1) is 9.99. The molecule has 1 aromatic heterocycles. The Kier molecular flexibility index (Phi) is 5.11. The van der Waals surface area contributed by atoms with E-state index in [1.165, 1.54) is 11.3 Å². The van der Waals surface area contributed by atoms with Gasteiger partial charge in [0.15, 0.2) is 5.13 Å². The van der Waals surface area contributed by atoms with Crippen molar-refractivity contribution in [2.45, 2.75) is 13.0 Å². The highest BCUT2D eigenvalue weighted by atomic mass is 32.1. The first-order valence-electron chi connectivity index (χ1n) is 6.64. The lowest BCUT2D eigenvalue weighted by molar-refractivity contribution is -0.117. The maximum Gasteiger partial charge on any atom is 0.240 e. The number of fused-ring (bicyclic) bond motifs is 1. The molecule has 1 amide bonds. The standard InChI is InChI=1S/C14H20N4O2S/c1-9(8-20-3)18(2)7-13(19)17-14-16-11-5-4-10(15)6-12(11)21-14/h4-6,9H,7-8,15H2,1-3H3,(H,16,17,19). The van der Waals surface area contributed by atoms with Crippen molar-refractivity contribution in [1.82, 2.24) is 9.88 Å². The molecule has 7 heteroatoms. The highest BCUT2D eigenvalue weighted by Gasteiger charge is 2.14. The third kappa shape index (κ3) is 4.13. The summed E-state index contributed by atoms with van der Waals surface area (Å²) < 4.78 is 6.04. The molecule has 1 aromatic carbocycles. The lowest BCUT2D eigenvalue weighted by atomic mass is 10.3. The second-order valence-corrected chi connectivity index (χ2v) is 6.04. The largest absolute Gasteiger partial charge is 0.399 e. The summed E-state index contributed by atoms with van der Waals surface area (Å²) in [4.78, 5) is 18.3. The molecule has 114 valence electrons. The van der Waals surface area contributed by atoms with Crippen molar-refractivity contribution < 1.29 is 9.53 Å². The summed E-state index contributed by atoms with van der Waals surface area (Å²) in [6.45, 7) is 2.89. The number of benzene rings is 1. The van der Waals surface area contributed by atoms with Crippen molar-refractivity contribution in [1.29, 1.82) is 0 Å². The number of ether oxygens (including phenoxy) is 1. The highest BCUT2D eigenvalue weighted by Crippen LogP contribution is 2.27. The van der Waals surface area contributed by atoms with E-state index >= 15 is 0 Å². The van der Waals surface area contributed by atoms with Gasteiger partial charge in [0.25, 0.3) is 0 Å². The molecule has 0 aliphatic heterocycles. The molecule has 1 unspecified atom stereocenters. The number of aromatic nitrogens is 1. The Balaban J connectivity index is 1.98. The fourth-order valence-corrected chi connectivity index (χ4v) is 2.83. The summed E-state index contributed by atoms with van der Waals surface area (Å²) in [7, 11) is 3.54. The minimum absolute atomic E-state index is 0.0903. The van der Waals surface area contributed by atoms with E-state index in [0.29, 0.717) is 24.0 Å². The quantitative estimate of drug-likeness (QED) is 0.795. The molecule has 0 saturated carbocycles. The van der Waals surface area contributed by atoms with Crippen LogP contribution in [0.5, 0.6) is 0 Å². The lowest BCUT2D eigenvalue weighted by Gasteiger charge is -2.22. The number of hydrogen-bond acceptors (Lipinski definition) is 6. The van der Waals surface area contributed by atoms with E-state index in [2.05, 4.69) is 10.3 Å². The fourth-order valence-electron chi connectivity index (χ4n) is 1.90. The van der Waals surface area contributed by atoms with E-state index in [0.717, 1.165) is 10.2 Å². The average molecular weight is 308 g/mol. The monoisotopic (exact) mass is 308 g/mol. The first kappa shape index (κ1) is 15.7. The third-order valence-corrected chi connectivity index (χ3v) is 4.15. The molecular weight excluding hydrogens is 288 g/mol. The van der Waals surface area contributed by atoms with E-state index in [4.69, 9.17) is 10.5 Å². The van der Waals surface area contributed by atoms with Crippen LogP contribution in [-0.2, 0) is 9.53 Å². The van der Waals surface area contributed by atoms with E-state index in [-0.39, 0.29) is 11.9 Å². The van der Waals surface area contributed by atoms with Gasteiger partial charge >= 0.3 is 0 Å². The number of thiazole rings is 1. The number of hydrogen-bond donors (Lipinski definition) is 2. The number of carbonyl (C=O) groups is 1. The molecule has 0 bridgehead atoms. The lowest BCUT2D eigenvalue weighted by Crippen LogP contribution is -2.38. The summed E-state index contributed by atoms with van der Waals surface area (Å²) >= 11 is 1.42. The molecule has 0 aliphatic rings. The highest BCUT2D eigenvalue weighted by molar-refractivity contribution is 7.22. The molecule has 1 atom stereocenters. The normalized spacial score (nSPS) is 12.8. The predicted molar refractivity (Wildman–Crippen MR) is 86.6 cm³/mol. The number of rotatable bonds is 6. The van der Waals surface area contributed by atoms with Crippen LogP contribution in [0.15, 0.2) is 18.2 Å². The van der Waals surface area contributed by atoms with E-state index in [1.54, 1.807) is 13.2 Å². The molecule has 2 aromatic rings. The number of methoxy groups -OCH3 is 1. The van der Waals surface area contributed by atoms with E-state index in [9.17, 15) is 4.79 Å². The summed E-state index contributed by atoms with van der Waals surface area (Å²) in [6.07, 6.45) is 0. The molecule has 0 aliphatic carbocycles. The minimum Gasteiger partial charge on any atom is -0.399 e. The summed E-state index contributed by atoms with van der Waals surface area (Å²) in [6, 6.07) is 5.68. The summed E-state index contributed by atoms with van der Waals surface area (Å²) in [5.74, 6) is -0.0903. The van der Waals surface area contributed by atoms with Crippen LogP contribution in [0.2, 0.25) is 0 Å². The number of nitrogens with two attached hydrogens (primary N) is 1. The van der Waals surface area contributed by atoms with Gasteiger partial charge in [-0.25, -0.2) is 4.98 Å². The third-order valence-electron chi connectivity index (χ3n) is 3.21. The van der Waals surface area contributed by atoms with Crippen molar-refractivity contribution in [2.24, 2.45) is 0 Å². The molecule has 6 nitrogen and oxygen atoms in total. The minimum atomic E-state index is -0.0903. The summed E-state index contributed by atoms with van der Waals surface area (Å²) in [5.41, 5.74) is 7.27. The van der Waals surface area contributed by atoms with E-state index in [1.807, 2.05) is 31.0 Å². The second-order valence-electron chi connectivity index (χ2n) is 5.01.